The van der Waals surface area contributed by atoms with Gasteiger partial charge >= 0.3 is 0 Å². The van der Waals surface area contributed by atoms with Gasteiger partial charge in [0.25, 0.3) is 5.91 Å². The standard InChI is InChI=1S/C25H24FN9O2/c1-25(2)17-19(23(37)30-11-9-16(27)36)31-21(32-20(17)33-24(25)28)18-14-7-5-10-29-22(14)35(34-18)12-13-6-3-4-8-15(13)26/h3-8,10H,9,11-12H2,1-2H3,(H2,27,36)(H,30,37)(H2,28,31,32,33). The fraction of sp³-hybridized carbons (Fsp3) is 0.240. The summed E-state index contributed by atoms with van der Waals surface area (Å²) >= 11 is 0. The average molecular weight is 502 g/mol. The number of carbonyl (C=O) groups excluding carboxylic acids is 2. The van der Waals surface area contributed by atoms with Crippen molar-refractivity contribution in [3.05, 3.63) is 65.2 Å². The highest BCUT2D eigenvalue weighted by Crippen LogP contribution is 2.40. The Bertz CT molecular complexity index is 1590. The number of amidine groups is 1. The van der Waals surface area contributed by atoms with Crippen LogP contribution in [0.1, 0.15) is 41.9 Å². The lowest BCUT2D eigenvalue weighted by atomic mass is 9.84. The van der Waals surface area contributed by atoms with E-state index in [9.17, 15) is 14.0 Å². The molecular weight excluding hydrogens is 477 g/mol. The number of nitrogens with zero attached hydrogens (tertiary/aromatic N) is 6. The molecule has 11 nitrogen and oxygen atoms in total. The lowest BCUT2D eigenvalue weighted by Crippen LogP contribution is -2.36. The van der Waals surface area contributed by atoms with Gasteiger partial charge < -0.3 is 16.8 Å². The van der Waals surface area contributed by atoms with Crippen molar-refractivity contribution in [3.63, 3.8) is 0 Å². The van der Waals surface area contributed by atoms with Crippen molar-refractivity contribution >= 4 is 34.5 Å². The van der Waals surface area contributed by atoms with Crippen molar-refractivity contribution in [2.75, 3.05) is 6.54 Å². The first-order chi connectivity index (χ1) is 17.7. The van der Waals surface area contributed by atoms with Crippen molar-refractivity contribution in [3.8, 4) is 11.5 Å². The number of benzene rings is 1. The van der Waals surface area contributed by atoms with E-state index in [0.717, 1.165) is 0 Å². The van der Waals surface area contributed by atoms with E-state index in [1.807, 2.05) is 13.8 Å². The second-order valence-electron chi connectivity index (χ2n) is 9.16. The van der Waals surface area contributed by atoms with Gasteiger partial charge in [0.2, 0.25) is 5.91 Å². The summed E-state index contributed by atoms with van der Waals surface area (Å²) in [6, 6.07) is 9.96. The fourth-order valence-electron chi connectivity index (χ4n) is 4.21. The Labute approximate surface area is 210 Å². The Hall–Kier alpha value is -4.74. The van der Waals surface area contributed by atoms with E-state index in [4.69, 9.17) is 11.5 Å². The third-order valence-corrected chi connectivity index (χ3v) is 6.25. The second kappa shape index (κ2) is 9.04. The summed E-state index contributed by atoms with van der Waals surface area (Å²) < 4.78 is 15.9. The Morgan fingerprint density at radius 1 is 1.14 bits per heavy atom. The van der Waals surface area contributed by atoms with E-state index in [2.05, 4.69) is 30.4 Å². The molecule has 0 atom stereocenters. The number of aliphatic imine (C=N–C) groups is 1. The second-order valence-corrected chi connectivity index (χ2v) is 9.16. The maximum absolute atomic E-state index is 14.4. The van der Waals surface area contributed by atoms with Crippen LogP contribution in [-0.2, 0) is 16.8 Å². The summed E-state index contributed by atoms with van der Waals surface area (Å²) in [4.78, 5) is 42.3. The minimum Gasteiger partial charge on any atom is -0.386 e. The van der Waals surface area contributed by atoms with Crippen molar-refractivity contribution in [1.29, 1.82) is 0 Å². The molecular formula is C25H24FN9O2. The number of primary amides is 1. The van der Waals surface area contributed by atoms with Crippen LogP contribution in [0.4, 0.5) is 10.2 Å². The van der Waals surface area contributed by atoms with Gasteiger partial charge in [0.15, 0.2) is 17.3 Å². The Morgan fingerprint density at radius 3 is 2.68 bits per heavy atom. The quantitative estimate of drug-likeness (QED) is 0.348. The largest absolute Gasteiger partial charge is 0.386 e. The van der Waals surface area contributed by atoms with Crippen LogP contribution in [0.25, 0.3) is 22.6 Å². The van der Waals surface area contributed by atoms with Crippen LogP contribution in [-0.4, -0.2) is 48.9 Å². The van der Waals surface area contributed by atoms with Crippen molar-refractivity contribution in [2.24, 2.45) is 16.5 Å². The van der Waals surface area contributed by atoms with Gasteiger partial charge in [0.1, 0.15) is 23.0 Å². The minimum atomic E-state index is -0.794. The molecule has 3 aromatic heterocycles. The Balaban J connectivity index is 1.64. The number of hydrogen-bond acceptors (Lipinski definition) is 8. The van der Waals surface area contributed by atoms with Crippen LogP contribution >= 0.6 is 0 Å². The molecule has 12 heteroatoms. The molecule has 0 aliphatic carbocycles. The molecule has 37 heavy (non-hydrogen) atoms. The molecule has 188 valence electrons. The first kappa shape index (κ1) is 24.0. The molecule has 5 N–H and O–H groups in total. The zero-order chi connectivity index (χ0) is 26.3. The number of aromatic nitrogens is 5. The number of amides is 2. The molecule has 5 rings (SSSR count). The molecule has 1 aliphatic heterocycles. The topological polar surface area (TPSA) is 167 Å². The highest BCUT2D eigenvalue weighted by atomic mass is 19.1. The first-order valence-electron chi connectivity index (χ1n) is 11.6. The molecule has 0 bridgehead atoms. The van der Waals surface area contributed by atoms with Crippen LogP contribution in [0, 0.1) is 5.82 Å². The molecule has 4 aromatic rings. The van der Waals surface area contributed by atoms with E-state index in [0.29, 0.717) is 27.9 Å². The van der Waals surface area contributed by atoms with Gasteiger partial charge in [0, 0.05) is 30.3 Å². The van der Waals surface area contributed by atoms with Crippen LogP contribution < -0.4 is 16.8 Å². The highest BCUT2D eigenvalue weighted by Gasteiger charge is 2.40. The number of rotatable bonds is 7. The summed E-state index contributed by atoms with van der Waals surface area (Å²) in [6.07, 6.45) is 1.59. The van der Waals surface area contributed by atoms with Crippen molar-refractivity contribution < 1.29 is 14.0 Å². The molecule has 1 aromatic carbocycles. The molecule has 0 spiro atoms. The van der Waals surface area contributed by atoms with E-state index in [-0.39, 0.29) is 48.5 Å². The van der Waals surface area contributed by atoms with Gasteiger partial charge in [-0.3, -0.25) is 9.59 Å². The number of hydrogen-bond donors (Lipinski definition) is 3. The van der Waals surface area contributed by atoms with Crippen LogP contribution in [0.3, 0.4) is 0 Å². The number of pyridine rings is 1. The zero-order valence-corrected chi connectivity index (χ0v) is 20.2. The molecule has 0 unspecified atom stereocenters. The van der Waals surface area contributed by atoms with Gasteiger partial charge in [-0.1, -0.05) is 18.2 Å². The molecule has 4 heterocycles. The van der Waals surface area contributed by atoms with E-state index in [1.165, 1.54) is 6.07 Å². The first-order valence-corrected chi connectivity index (χ1v) is 11.6. The normalized spacial score (nSPS) is 13.9. The summed E-state index contributed by atoms with van der Waals surface area (Å²) in [5.74, 6) is -0.740. The predicted molar refractivity (Wildman–Crippen MR) is 135 cm³/mol. The number of nitrogens with one attached hydrogen (secondary N) is 1. The summed E-state index contributed by atoms with van der Waals surface area (Å²) in [5.41, 5.74) is 12.4. The van der Waals surface area contributed by atoms with Gasteiger partial charge in [-0.15, -0.1) is 0 Å². The fourth-order valence-corrected chi connectivity index (χ4v) is 4.21. The molecule has 0 saturated carbocycles. The third kappa shape index (κ3) is 4.26. The van der Waals surface area contributed by atoms with E-state index in [1.54, 1.807) is 41.2 Å². The van der Waals surface area contributed by atoms with E-state index >= 15 is 0 Å². The van der Waals surface area contributed by atoms with Crippen molar-refractivity contribution in [1.82, 2.24) is 30.0 Å². The third-order valence-electron chi connectivity index (χ3n) is 6.25. The van der Waals surface area contributed by atoms with Crippen molar-refractivity contribution in [2.45, 2.75) is 32.2 Å². The van der Waals surface area contributed by atoms with Gasteiger partial charge in [0.05, 0.1) is 17.3 Å². The number of halogens is 1. The summed E-state index contributed by atoms with van der Waals surface area (Å²) in [5, 5.41) is 7.94. The summed E-state index contributed by atoms with van der Waals surface area (Å²) in [6.45, 7) is 3.82. The van der Waals surface area contributed by atoms with Gasteiger partial charge in [-0.05, 0) is 32.0 Å². The van der Waals surface area contributed by atoms with Gasteiger partial charge in [-0.2, -0.15) is 5.10 Å². The zero-order valence-electron chi connectivity index (χ0n) is 20.2. The monoisotopic (exact) mass is 501 g/mol. The molecule has 2 amide bonds. The maximum Gasteiger partial charge on any atom is 0.270 e. The summed E-state index contributed by atoms with van der Waals surface area (Å²) in [7, 11) is 0. The minimum absolute atomic E-state index is 0.0232. The highest BCUT2D eigenvalue weighted by molar-refractivity contribution is 6.04. The average Bonchev–Trinajstić information content (AvgIpc) is 3.33. The molecule has 0 fully saturated rings. The number of carbonyl (C=O) groups is 2. The van der Waals surface area contributed by atoms with Crippen LogP contribution in [0.5, 0.6) is 0 Å². The van der Waals surface area contributed by atoms with Gasteiger partial charge in [-0.25, -0.2) is 29.0 Å². The SMILES string of the molecule is CC1(C)C(N)=Nc2nc(-c3nn(Cc4ccccc4F)c4ncccc34)nc(C(=O)NCCC(N)=O)c21. The lowest BCUT2D eigenvalue weighted by Gasteiger charge is -2.21. The van der Waals surface area contributed by atoms with Crippen LogP contribution in [0.15, 0.2) is 47.6 Å². The number of fused-ring (bicyclic) bond motifs is 2. The maximum atomic E-state index is 14.4. The molecule has 0 radical (unpaired) electrons. The molecule has 0 saturated heterocycles. The van der Waals surface area contributed by atoms with E-state index < -0.39 is 17.2 Å². The smallest absolute Gasteiger partial charge is 0.270 e. The Kier molecular flexibility index (Phi) is 5.86. The number of nitrogens with two attached hydrogens (primary N) is 2. The molecule has 1 aliphatic rings. The predicted octanol–water partition coefficient (Wildman–Crippen LogP) is 1.96. The Morgan fingerprint density at radius 2 is 1.92 bits per heavy atom. The lowest BCUT2D eigenvalue weighted by molar-refractivity contribution is -0.117. The van der Waals surface area contributed by atoms with Crippen LogP contribution in [0.2, 0.25) is 0 Å².